The van der Waals surface area contributed by atoms with Gasteiger partial charge in [0.15, 0.2) is 0 Å². The van der Waals surface area contributed by atoms with Gasteiger partial charge < -0.3 is 20.5 Å². The van der Waals surface area contributed by atoms with Gasteiger partial charge in [0.25, 0.3) is 0 Å². The molecular weight excluding hydrogens is 479 g/mol. The number of aryl methyl sites for hydroxylation is 1. The molecule has 1 aliphatic rings. The summed E-state index contributed by atoms with van der Waals surface area (Å²) in [5, 5.41) is 15.1. The van der Waals surface area contributed by atoms with Crippen molar-refractivity contribution in [1.82, 2.24) is 20.3 Å². The van der Waals surface area contributed by atoms with Gasteiger partial charge in [-0.1, -0.05) is 12.1 Å². The number of nitrogens with one attached hydrogen (secondary N) is 2. The van der Waals surface area contributed by atoms with E-state index >= 15 is 0 Å². The maximum absolute atomic E-state index is 13.4. The topological polar surface area (TPSA) is 126 Å². The molecule has 0 spiro atoms. The lowest BCUT2D eigenvalue weighted by Gasteiger charge is -2.27. The van der Waals surface area contributed by atoms with E-state index < -0.39 is 29.0 Å². The van der Waals surface area contributed by atoms with Crippen molar-refractivity contribution in [2.24, 2.45) is 0 Å². The number of halogens is 3. The van der Waals surface area contributed by atoms with Crippen molar-refractivity contribution in [2.75, 3.05) is 18.5 Å². The monoisotopic (exact) mass is 501 g/mol. The molecule has 0 radical (unpaired) electrons. The van der Waals surface area contributed by atoms with E-state index in [2.05, 4.69) is 25.6 Å². The molecule has 2 aromatic heterocycles. The fourth-order valence-electron chi connectivity index (χ4n) is 4.04. The number of alkyl halides is 3. The fraction of sp³-hybridized carbons (Fsp3) is 0.292. The van der Waals surface area contributed by atoms with Crippen LogP contribution in [0.1, 0.15) is 39.6 Å². The number of amides is 1. The summed E-state index contributed by atoms with van der Waals surface area (Å²) >= 11 is 0. The van der Waals surface area contributed by atoms with Gasteiger partial charge in [-0.15, -0.1) is 0 Å². The van der Waals surface area contributed by atoms with Gasteiger partial charge >= 0.3 is 12.1 Å². The zero-order chi connectivity index (χ0) is 25.9. The number of pyridine rings is 1. The first-order valence-electron chi connectivity index (χ1n) is 10.9. The predicted octanol–water partition coefficient (Wildman–Crippen LogP) is 3.62. The molecule has 1 saturated heterocycles. The molecule has 1 aromatic carbocycles. The number of hydrogen-bond acceptors (Lipinski definition) is 7. The normalized spacial score (nSPS) is 17.6. The van der Waals surface area contributed by atoms with Crippen LogP contribution in [-0.2, 0) is 27.7 Å². The SMILES string of the molecule is Cc1ncc(C(=O)O)c([C@@]2(C(=O)NCc3ncccc3Nc3ccccc3C(F)(F)F)CCOC2)n1. The third kappa shape index (κ3) is 4.98. The highest BCUT2D eigenvalue weighted by Crippen LogP contribution is 2.37. The number of ether oxygens (including phenoxy) is 1. The average molecular weight is 501 g/mol. The molecule has 1 atom stereocenters. The second-order valence-electron chi connectivity index (χ2n) is 8.22. The number of carboxylic acid groups (broad SMARTS) is 1. The molecule has 9 nitrogen and oxygen atoms in total. The van der Waals surface area contributed by atoms with Gasteiger partial charge in [-0.25, -0.2) is 14.8 Å². The Bertz CT molecular complexity index is 1290. The van der Waals surface area contributed by atoms with Crippen molar-refractivity contribution in [3.63, 3.8) is 0 Å². The Morgan fingerprint density at radius 2 is 1.89 bits per heavy atom. The van der Waals surface area contributed by atoms with Crippen molar-refractivity contribution in [3.05, 3.63) is 77.1 Å². The first kappa shape index (κ1) is 25.0. The number of carbonyl (C=O) groups is 2. The summed E-state index contributed by atoms with van der Waals surface area (Å²) < 4.78 is 45.7. The van der Waals surface area contributed by atoms with Crippen LogP contribution in [0.5, 0.6) is 0 Å². The molecule has 0 unspecified atom stereocenters. The van der Waals surface area contributed by atoms with Crippen molar-refractivity contribution in [2.45, 2.75) is 31.5 Å². The van der Waals surface area contributed by atoms with Gasteiger partial charge in [0, 0.05) is 19.0 Å². The Balaban J connectivity index is 1.60. The van der Waals surface area contributed by atoms with Crippen LogP contribution in [0.3, 0.4) is 0 Å². The van der Waals surface area contributed by atoms with Gasteiger partial charge in [0.05, 0.1) is 41.5 Å². The number of carbonyl (C=O) groups excluding carboxylic acids is 1. The molecule has 1 aliphatic heterocycles. The summed E-state index contributed by atoms with van der Waals surface area (Å²) in [6.07, 6.45) is -1.76. The van der Waals surface area contributed by atoms with Crippen LogP contribution in [0.25, 0.3) is 0 Å². The minimum absolute atomic E-state index is 0.0518. The van der Waals surface area contributed by atoms with Crippen molar-refractivity contribution in [1.29, 1.82) is 0 Å². The summed E-state index contributed by atoms with van der Waals surface area (Å²) in [4.78, 5) is 37.6. The summed E-state index contributed by atoms with van der Waals surface area (Å²) in [6.45, 7) is 1.59. The Kier molecular flexibility index (Phi) is 6.88. The highest BCUT2D eigenvalue weighted by atomic mass is 19.4. The van der Waals surface area contributed by atoms with Gasteiger partial charge in [-0.3, -0.25) is 9.78 Å². The number of para-hydroxylation sites is 1. The zero-order valence-corrected chi connectivity index (χ0v) is 19.1. The molecule has 1 fully saturated rings. The third-order valence-electron chi connectivity index (χ3n) is 5.86. The Labute approximate surface area is 203 Å². The average Bonchev–Trinajstić information content (AvgIpc) is 3.34. The van der Waals surface area contributed by atoms with Crippen LogP contribution >= 0.6 is 0 Å². The molecule has 3 N–H and O–H groups in total. The molecule has 3 heterocycles. The predicted molar refractivity (Wildman–Crippen MR) is 122 cm³/mol. The van der Waals surface area contributed by atoms with Crippen LogP contribution in [0.2, 0.25) is 0 Å². The third-order valence-corrected chi connectivity index (χ3v) is 5.86. The lowest BCUT2D eigenvalue weighted by atomic mass is 9.80. The highest BCUT2D eigenvalue weighted by molar-refractivity contribution is 5.95. The Morgan fingerprint density at radius 3 is 2.58 bits per heavy atom. The van der Waals surface area contributed by atoms with E-state index in [9.17, 15) is 27.9 Å². The summed E-state index contributed by atoms with van der Waals surface area (Å²) in [6, 6.07) is 8.14. The minimum atomic E-state index is -4.56. The van der Waals surface area contributed by atoms with E-state index in [-0.39, 0.29) is 54.5 Å². The van der Waals surface area contributed by atoms with Gasteiger partial charge in [0.1, 0.15) is 16.8 Å². The quantitative estimate of drug-likeness (QED) is 0.448. The van der Waals surface area contributed by atoms with Crippen LogP contribution in [0.4, 0.5) is 24.5 Å². The van der Waals surface area contributed by atoms with Gasteiger partial charge in [-0.2, -0.15) is 13.2 Å². The first-order valence-corrected chi connectivity index (χ1v) is 10.9. The number of carboxylic acids is 1. The van der Waals surface area contributed by atoms with Crippen LogP contribution < -0.4 is 10.6 Å². The maximum Gasteiger partial charge on any atom is 0.418 e. The maximum atomic E-state index is 13.4. The van der Waals surface area contributed by atoms with Crippen molar-refractivity contribution < 1.29 is 32.6 Å². The number of aromatic nitrogens is 3. The molecule has 4 rings (SSSR count). The lowest BCUT2D eigenvalue weighted by molar-refractivity contribution is -0.137. The molecule has 36 heavy (non-hydrogen) atoms. The smallest absolute Gasteiger partial charge is 0.418 e. The number of anilines is 2. The number of hydrogen-bond donors (Lipinski definition) is 3. The van der Waals surface area contributed by atoms with Crippen molar-refractivity contribution in [3.8, 4) is 0 Å². The molecule has 0 bridgehead atoms. The molecule has 3 aromatic rings. The molecular formula is C24H22F3N5O4. The van der Waals surface area contributed by atoms with E-state index in [1.54, 1.807) is 19.1 Å². The van der Waals surface area contributed by atoms with Crippen LogP contribution in [0.15, 0.2) is 48.8 Å². The zero-order valence-electron chi connectivity index (χ0n) is 19.1. The van der Waals surface area contributed by atoms with E-state index in [1.807, 2.05) is 0 Å². The second kappa shape index (κ2) is 9.90. The van der Waals surface area contributed by atoms with Crippen LogP contribution in [0, 0.1) is 6.92 Å². The van der Waals surface area contributed by atoms with Crippen molar-refractivity contribution >= 4 is 23.3 Å². The molecule has 12 heteroatoms. The summed E-state index contributed by atoms with van der Waals surface area (Å²) in [5.41, 5.74) is -1.96. The van der Waals surface area contributed by atoms with E-state index in [0.29, 0.717) is 5.82 Å². The molecule has 0 saturated carbocycles. The fourth-order valence-corrected chi connectivity index (χ4v) is 4.04. The summed E-state index contributed by atoms with van der Waals surface area (Å²) in [5.74, 6) is -1.51. The number of nitrogens with zero attached hydrogens (tertiary/aromatic N) is 3. The highest BCUT2D eigenvalue weighted by Gasteiger charge is 2.47. The lowest BCUT2D eigenvalue weighted by Crippen LogP contribution is -2.46. The molecule has 188 valence electrons. The van der Waals surface area contributed by atoms with E-state index in [0.717, 1.165) is 12.3 Å². The van der Waals surface area contributed by atoms with Crippen LogP contribution in [-0.4, -0.2) is 45.1 Å². The number of rotatable bonds is 7. The standard InChI is InChI=1S/C24H22F3N5O4/c1-14-29-11-15(21(33)34)20(31-14)23(8-10-36-13-23)22(35)30-12-19-18(7-4-9-28-19)32-17-6-3-2-5-16(17)24(25,26)27/h2-7,9,11,32H,8,10,12-13H2,1H3,(H,30,35)(H,33,34)/t23-/m1/s1. The molecule has 1 amide bonds. The van der Waals surface area contributed by atoms with E-state index in [1.165, 1.54) is 24.4 Å². The Hall–Kier alpha value is -4.06. The number of benzene rings is 1. The summed E-state index contributed by atoms with van der Waals surface area (Å²) in [7, 11) is 0. The van der Waals surface area contributed by atoms with Gasteiger partial charge in [0.2, 0.25) is 5.91 Å². The molecule has 0 aliphatic carbocycles. The first-order chi connectivity index (χ1) is 17.1. The minimum Gasteiger partial charge on any atom is -0.478 e. The van der Waals surface area contributed by atoms with E-state index in [4.69, 9.17) is 4.74 Å². The van der Waals surface area contributed by atoms with Gasteiger partial charge in [-0.05, 0) is 37.6 Å². The Morgan fingerprint density at radius 1 is 1.14 bits per heavy atom. The second-order valence-corrected chi connectivity index (χ2v) is 8.22. The largest absolute Gasteiger partial charge is 0.478 e. The number of aromatic carboxylic acids is 1.